The first-order valence-electron chi connectivity index (χ1n) is 2.57. The molecule has 0 aromatic rings. The van der Waals surface area contributed by atoms with Crippen LogP contribution in [0.15, 0.2) is 12.2 Å². The van der Waals surface area contributed by atoms with Gasteiger partial charge in [0.2, 0.25) is 0 Å². The van der Waals surface area contributed by atoms with Gasteiger partial charge in [0.05, 0.1) is 7.11 Å². The Morgan fingerprint density at radius 3 is 1.29 bits per heavy atom. The van der Waals surface area contributed by atoms with Crippen LogP contribution in [0.1, 0.15) is 14.1 Å². The van der Waals surface area contributed by atoms with Gasteiger partial charge in [-0.15, -0.1) is 0 Å². The minimum atomic E-state index is -0.347. The summed E-state index contributed by atoms with van der Waals surface area (Å²) in [7, 11) is 1.33. The molecular formula is C6H17Na5O5S. The molecule has 0 aliphatic carbocycles. The van der Waals surface area contributed by atoms with Gasteiger partial charge in [0.1, 0.15) is 6.79 Å². The second-order valence-corrected chi connectivity index (χ2v) is 1.52. The van der Waals surface area contributed by atoms with Crippen LogP contribution in [-0.4, -0.2) is 29.0 Å². The smallest absolute Gasteiger partial charge is 1.00 e. The number of esters is 1. The van der Waals surface area contributed by atoms with Crippen LogP contribution < -0.4 is 148 Å². The summed E-state index contributed by atoms with van der Waals surface area (Å²) in [5, 5.41) is 0. The quantitative estimate of drug-likeness (QED) is 0.216. The second kappa shape index (κ2) is 50.1. The monoisotopic (exact) mass is 316 g/mol. The molecule has 0 aromatic carbocycles. The van der Waals surface area contributed by atoms with E-state index in [4.69, 9.17) is 13.9 Å². The first kappa shape index (κ1) is 49.7. The SMILES string of the molecule is C=C(C)C(=O)OC.C=O.OSO.[H-].[H-].[H-].[H-].[H-].[Na+].[Na+].[Na+].[Na+].[Na+]. The summed E-state index contributed by atoms with van der Waals surface area (Å²) in [5.41, 5.74) is 0.433. The van der Waals surface area contributed by atoms with Gasteiger partial charge in [-0.25, -0.2) is 4.79 Å². The average molecular weight is 316 g/mol. The van der Waals surface area contributed by atoms with Gasteiger partial charge in [0.15, 0.2) is 12.3 Å². The Morgan fingerprint density at radius 2 is 1.29 bits per heavy atom. The van der Waals surface area contributed by atoms with E-state index in [1.54, 1.807) is 6.92 Å². The molecule has 0 heterocycles. The van der Waals surface area contributed by atoms with Gasteiger partial charge in [0.25, 0.3) is 0 Å². The van der Waals surface area contributed by atoms with E-state index in [1.165, 1.54) is 7.11 Å². The third kappa shape index (κ3) is 64.4. The molecule has 0 fully saturated rings. The van der Waals surface area contributed by atoms with Gasteiger partial charge in [0, 0.05) is 5.57 Å². The number of hydrogen-bond acceptors (Lipinski definition) is 6. The molecule has 0 saturated carbocycles. The number of methoxy groups -OCH3 is 1. The third-order valence-electron chi connectivity index (χ3n) is 0.534. The van der Waals surface area contributed by atoms with Gasteiger partial charge >= 0.3 is 154 Å². The fraction of sp³-hybridized carbons (Fsp3) is 0.333. The van der Waals surface area contributed by atoms with E-state index in [-0.39, 0.29) is 173 Å². The van der Waals surface area contributed by atoms with Crippen LogP contribution in [0.25, 0.3) is 0 Å². The van der Waals surface area contributed by atoms with Crippen molar-refractivity contribution in [2.45, 2.75) is 6.92 Å². The Hall–Kier alpha value is 4.15. The second-order valence-electron chi connectivity index (χ2n) is 1.35. The molecule has 0 amide bonds. The van der Waals surface area contributed by atoms with Gasteiger partial charge in [-0.1, -0.05) is 6.58 Å². The van der Waals surface area contributed by atoms with Crippen molar-refractivity contribution in [3.05, 3.63) is 12.2 Å². The number of carbonyl (C=O) groups is 2. The molecule has 0 aromatic heterocycles. The van der Waals surface area contributed by atoms with Crippen LogP contribution in [0.2, 0.25) is 0 Å². The standard InChI is InChI=1S/C5H8O2.CH2O.5Na.H2O2S.5H/c1-4(2)5(6)7-3;1-2;;;;;;1-3-2;;;;;/h1H2,2-3H3;1H2;;;;;;1-2H;;;;;/q;;5*+1;;5*-1. The van der Waals surface area contributed by atoms with Crippen molar-refractivity contribution in [1.29, 1.82) is 0 Å². The normalized spacial score (nSPS) is 4.47. The molecule has 0 unspecified atom stereocenters. The number of ether oxygens (including phenoxy) is 1. The Kier molecular flexibility index (Phi) is 146. The molecule has 0 atom stereocenters. The topological polar surface area (TPSA) is 83.8 Å². The van der Waals surface area contributed by atoms with Gasteiger partial charge in [-0.05, 0) is 6.92 Å². The first-order chi connectivity index (χ1) is 5.59. The van der Waals surface area contributed by atoms with Crippen LogP contribution >= 0.6 is 12.3 Å². The molecule has 5 nitrogen and oxygen atoms in total. The molecule has 0 saturated heterocycles. The average Bonchev–Trinajstić information content (AvgIpc) is 2.08. The summed E-state index contributed by atoms with van der Waals surface area (Å²) in [6.45, 7) is 6.95. The van der Waals surface area contributed by atoms with Crippen molar-refractivity contribution >= 4 is 25.1 Å². The first-order valence-corrected chi connectivity index (χ1v) is 3.30. The Bertz CT molecular complexity index is 157. The van der Waals surface area contributed by atoms with E-state index < -0.39 is 0 Å². The fourth-order valence-electron chi connectivity index (χ4n) is 0.174. The van der Waals surface area contributed by atoms with Crippen molar-refractivity contribution in [3.8, 4) is 0 Å². The molecule has 0 aliphatic heterocycles. The summed E-state index contributed by atoms with van der Waals surface area (Å²) >= 11 is -0.250. The molecule has 0 spiro atoms. The molecule has 0 rings (SSSR count). The zero-order valence-electron chi connectivity index (χ0n) is 16.9. The molecule has 2 N–H and O–H groups in total. The van der Waals surface area contributed by atoms with E-state index in [9.17, 15) is 4.79 Å². The molecule has 0 radical (unpaired) electrons. The van der Waals surface area contributed by atoms with Crippen molar-refractivity contribution in [3.63, 3.8) is 0 Å². The Balaban J connectivity index is -0.00000000454. The van der Waals surface area contributed by atoms with E-state index >= 15 is 0 Å². The maximum atomic E-state index is 10.2. The van der Waals surface area contributed by atoms with Crippen molar-refractivity contribution in [2.24, 2.45) is 0 Å². The van der Waals surface area contributed by atoms with Gasteiger partial charge < -0.3 is 25.8 Å². The van der Waals surface area contributed by atoms with Crippen LogP contribution in [0.4, 0.5) is 0 Å². The third-order valence-corrected chi connectivity index (χ3v) is 0.534. The molecule has 0 aliphatic rings. The fourth-order valence-corrected chi connectivity index (χ4v) is 0.174. The minimum Gasteiger partial charge on any atom is -1.00 e. The van der Waals surface area contributed by atoms with E-state index in [0.29, 0.717) is 5.57 Å². The van der Waals surface area contributed by atoms with Crippen LogP contribution in [0.3, 0.4) is 0 Å². The number of rotatable bonds is 1. The molecule has 82 valence electrons. The summed E-state index contributed by atoms with van der Waals surface area (Å²) in [5.74, 6) is -0.347. The predicted octanol–water partition coefficient (Wildman–Crippen LogP) is -13.2. The van der Waals surface area contributed by atoms with E-state index in [1.807, 2.05) is 6.79 Å². The Morgan fingerprint density at radius 1 is 1.12 bits per heavy atom. The van der Waals surface area contributed by atoms with Crippen molar-refractivity contribution in [2.75, 3.05) is 7.11 Å². The predicted molar refractivity (Wildman–Crippen MR) is 52.4 cm³/mol. The number of carbonyl (C=O) groups excluding carboxylic acids is 2. The van der Waals surface area contributed by atoms with E-state index in [2.05, 4.69) is 11.3 Å². The summed E-state index contributed by atoms with van der Waals surface area (Å²) < 4.78 is 18.4. The summed E-state index contributed by atoms with van der Waals surface area (Å²) in [4.78, 5) is 18.2. The Labute approximate surface area is 225 Å². The summed E-state index contributed by atoms with van der Waals surface area (Å²) in [6, 6.07) is 0. The van der Waals surface area contributed by atoms with Crippen molar-refractivity contribution < 1.29 is 178 Å². The zero-order chi connectivity index (χ0) is 10.6. The van der Waals surface area contributed by atoms with Gasteiger partial charge in [-0.3, -0.25) is 0 Å². The van der Waals surface area contributed by atoms with Gasteiger partial charge in [-0.2, -0.15) is 0 Å². The zero-order valence-corrected chi connectivity index (χ0v) is 22.8. The van der Waals surface area contributed by atoms with Crippen LogP contribution in [0.5, 0.6) is 0 Å². The molecule has 17 heavy (non-hydrogen) atoms. The number of hydrogen-bond donors (Lipinski definition) is 2. The minimum absolute atomic E-state index is 0. The maximum Gasteiger partial charge on any atom is 1.00 e. The van der Waals surface area contributed by atoms with E-state index in [0.717, 1.165) is 0 Å². The molecule has 11 heteroatoms. The molecule has 0 bridgehead atoms. The molecular weight excluding hydrogens is 299 g/mol. The summed E-state index contributed by atoms with van der Waals surface area (Å²) in [6.07, 6.45) is 0. The largest absolute Gasteiger partial charge is 1.00 e. The maximum absolute atomic E-state index is 10.2. The van der Waals surface area contributed by atoms with Crippen LogP contribution in [-0.2, 0) is 14.3 Å². The van der Waals surface area contributed by atoms with Crippen LogP contribution in [0, 0.1) is 0 Å². The van der Waals surface area contributed by atoms with Crippen molar-refractivity contribution in [1.82, 2.24) is 0 Å².